The van der Waals surface area contributed by atoms with Crippen molar-refractivity contribution in [1.82, 2.24) is 0 Å². The van der Waals surface area contributed by atoms with Crippen molar-refractivity contribution >= 4 is 17.4 Å². The van der Waals surface area contributed by atoms with Crippen LogP contribution in [0.4, 0.5) is 5.69 Å². The molecule has 0 radical (unpaired) electrons. The molecule has 1 amide bonds. The number of ether oxygens (including phenoxy) is 2. The number of benzene rings is 2. The van der Waals surface area contributed by atoms with Crippen LogP contribution in [0.5, 0.6) is 11.5 Å². The maximum atomic E-state index is 12.8. The molecule has 6 heteroatoms. The van der Waals surface area contributed by atoms with Crippen molar-refractivity contribution in [3.8, 4) is 11.5 Å². The zero-order valence-corrected chi connectivity index (χ0v) is 15.6. The largest absolute Gasteiger partial charge is 0.503 e. The Morgan fingerprint density at radius 1 is 1.04 bits per heavy atom. The van der Waals surface area contributed by atoms with Gasteiger partial charge >= 0.3 is 0 Å². The first-order valence-electron chi connectivity index (χ1n) is 8.45. The van der Waals surface area contributed by atoms with Crippen LogP contribution in [0.25, 0.3) is 0 Å². The number of anilines is 1. The molecule has 140 valence electrons. The monoisotopic (exact) mass is 367 g/mol. The molecule has 0 fully saturated rings. The highest BCUT2D eigenvalue weighted by molar-refractivity contribution is 6.16. The Kier molecular flexibility index (Phi) is 4.90. The lowest BCUT2D eigenvalue weighted by Crippen LogP contribution is -2.30. The molecule has 0 saturated heterocycles. The number of hydrogen-bond donors (Lipinski definition) is 1. The fourth-order valence-electron chi connectivity index (χ4n) is 3.27. The molecule has 0 bridgehead atoms. The van der Waals surface area contributed by atoms with Crippen molar-refractivity contribution in [2.45, 2.75) is 19.9 Å². The van der Waals surface area contributed by atoms with Crippen molar-refractivity contribution in [3.63, 3.8) is 0 Å². The minimum absolute atomic E-state index is 0.0628. The SMILES string of the molecule is COc1ccc([C@H]2C(C(C)=O)=C(O)C(=O)N2c2ccc(C)cc2)cc1OC. The lowest BCUT2D eigenvalue weighted by Gasteiger charge is -2.27. The van der Waals surface area contributed by atoms with E-state index in [2.05, 4.69) is 0 Å². The van der Waals surface area contributed by atoms with Crippen molar-refractivity contribution in [2.24, 2.45) is 0 Å². The van der Waals surface area contributed by atoms with Gasteiger partial charge < -0.3 is 14.6 Å². The Labute approximate surface area is 157 Å². The van der Waals surface area contributed by atoms with Crippen LogP contribution in [0.3, 0.4) is 0 Å². The van der Waals surface area contributed by atoms with Crippen molar-refractivity contribution in [1.29, 1.82) is 0 Å². The second-order valence-corrected chi connectivity index (χ2v) is 6.35. The van der Waals surface area contributed by atoms with Gasteiger partial charge in [-0.3, -0.25) is 14.5 Å². The number of aryl methyl sites for hydroxylation is 1. The zero-order valence-electron chi connectivity index (χ0n) is 15.6. The summed E-state index contributed by atoms with van der Waals surface area (Å²) in [4.78, 5) is 26.4. The van der Waals surface area contributed by atoms with Crippen LogP contribution >= 0.6 is 0 Å². The maximum absolute atomic E-state index is 12.8. The van der Waals surface area contributed by atoms with Crippen molar-refractivity contribution < 1.29 is 24.2 Å². The maximum Gasteiger partial charge on any atom is 0.294 e. The summed E-state index contributed by atoms with van der Waals surface area (Å²) in [5.74, 6) is -0.493. The van der Waals surface area contributed by atoms with Gasteiger partial charge in [0.1, 0.15) is 0 Å². The summed E-state index contributed by atoms with van der Waals surface area (Å²) in [5, 5.41) is 10.4. The molecular weight excluding hydrogens is 346 g/mol. The number of amides is 1. The van der Waals surface area contributed by atoms with E-state index in [0.717, 1.165) is 5.56 Å². The number of ketones is 1. The van der Waals surface area contributed by atoms with Crippen LogP contribution in [0.15, 0.2) is 53.8 Å². The van der Waals surface area contributed by atoms with Gasteiger partial charge in [0.15, 0.2) is 23.0 Å². The first-order chi connectivity index (χ1) is 12.9. The van der Waals surface area contributed by atoms with Gasteiger partial charge in [-0.25, -0.2) is 0 Å². The van der Waals surface area contributed by atoms with Crippen LogP contribution in [-0.4, -0.2) is 31.0 Å². The Balaban J connectivity index is 2.18. The lowest BCUT2D eigenvalue weighted by molar-refractivity contribution is -0.117. The molecule has 0 saturated carbocycles. The Morgan fingerprint density at radius 3 is 2.22 bits per heavy atom. The van der Waals surface area contributed by atoms with Gasteiger partial charge in [0.25, 0.3) is 5.91 Å². The summed E-state index contributed by atoms with van der Waals surface area (Å²) in [7, 11) is 3.04. The Bertz CT molecular complexity index is 930. The summed E-state index contributed by atoms with van der Waals surface area (Å²) in [6, 6.07) is 11.7. The molecule has 0 aromatic heterocycles. The molecule has 3 rings (SSSR count). The average molecular weight is 367 g/mol. The number of nitrogens with zero attached hydrogens (tertiary/aromatic N) is 1. The highest BCUT2D eigenvalue weighted by Gasteiger charge is 2.43. The molecule has 2 aromatic carbocycles. The van der Waals surface area contributed by atoms with E-state index < -0.39 is 17.7 Å². The Hall–Kier alpha value is -3.28. The number of rotatable bonds is 5. The number of hydrogen-bond acceptors (Lipinski definition) is 5. The normalized spacial score (nSPS) is 16.7. The third-order valence-corrected chi connectivity index (χ3v) is 4.62. The third-order valence-electron chi connectivity index (χ3n) is 4.62. The van der Waals surface area contributed by atoms with Crippen molar-refractivity contribution in [3.05, 3.63) is 64.9 Å². The lowest BCUT2D eigenvalue weighted by atomic mass is 9.96. The summed E-state index contributed by atoms with van der Waals surface area (Å²) in [6.45, 7) is 3.28. The van der Waals surface area contributed by atoms with E-state index in [1.54, 1.807) is 30.3 Å². The van der Waals surface area contributed by atoms with Gasteiger partial charge in [-0.1, -0.05) is 23.8 Å². The fraction of sp³-hybridized carbons (Fsp3) is 0.238. The molecular formula is C21H21NO5. The minimum Gasteiger partial charge on any atom is -0.503 e. The van der Waals surface area contributed by atoms with Crippen LogP contribution in [-0.2, 0) is 9.59 Å². The fourth-order valence-corrected chi connectivity index (χ4v) is 3.27. The van der Waals surface area contributed by atoms with Gasteiger partial charge in [-0.2, -0.15) is 0 Å². The van der Waals surface area contributed by atoms with Crippen LogP contribution in [0.2, 0.25) is 0 Å². The van der Waals surface area contributed by atoms with E-state index in [1.165, 1.54) is 26.0 Å². The number of aliphatic hydroxyl groups is 1. The van der Waals surface area contributed by atoms with E-state index in [9.17, 15) is 14.7 Å². The molecule has 1 atom stereocenters. The molecule has 1 aliphatic rings. The zero-order chi connectivity index (χ0) is 19.7. The summed E-state index contributed by atoms with van der Waals surface area (Å²) < 4.78 is 10.6. The molecule has 27 heavy (non-hydrogen) atoms. The predicted molar refractivity (Wildman–Crippen MR) is 101 cm³/mol. The van der Waals surface area contributed by atoms with Crippen LogP contribution in [0, 0.1) is 6.92 Å². The summed E-state index contributed by atoms with van der Waals surface area (Å²) in [6.07, 6.45) is 0. The van der Waals surface area contributed by atoms with Gasteiger partial charge in [0.05, 0.1) is 25.8 Å². The molecule has 0 unspecified atom stereocenters. The average Bonchev–Trinajstić information content (AvgIpc) is 2.93. The van der Waals surface area contributed by atoms with Crippen LogP contribution in [0.1, 0.15) is 24.1 Å². The number of aliphatic hydroxyl groups excluding tert-OH is 1. The molecule has 1 heterocycles. The second kappa shape index (κ2) is 7.15. The first kappa shape index (κ1) is 18.5. The summed E-state index contributed by atoms with van der Waals surface area (Å²) in [5.41, 5.74) is 2.33. The molecule has 0 aliphatic carbocycles. The molecule has 1 aliphatic heterocycles. The smallest absolute Gasteiger partial charge is 0.294 e. The molecule has 2 aromatic rings. The number of Topliss-reactive ketones (excluding diaryl/α,β-unsaturated/α-hetero) is 1. The van der Waals surface area contributed by atoms with Gasteiger partial charge in [-0.05, 0) is 43.7 Å². The van der Waals surface area contributed by atoms with E-state index in [1.807, 2.05) is 19.1 Å². The quantitative estimate of drug-likeness (QED) is 0.875. The Morgan fingerprint density at radius 2 is 1.67 bits per heavy atom. The standard InChI is InChI=1S/C21H21NO5/c1-12-5-8-15(9-6-12)22-19(18(13(2)23)20(24)21(22)25)14-7-10-16(26-3)17(11-14)27-4/h5-11,19,24H,1-4H3/t19-/m0/s1. The number of carbonyl (C=O) groups excluding carboxylic acids is 2. The molecule has 6 nitrogen and oxygen atoms in total. The van der Waals surface area contributed by atoms with Crippen molar-refractivity contribution in [2.75, 3.05) is 19.1 Å². The highest BCUT2D eigenvalue weighted by Crippen LogP contribution is 2.43. The van der Waals surface area contributed by atoms with Gasteiger partial charge in [-0.15, -0.1) is 0 Å². The second-order valence-electron chi connectivity index (χ2n) is 6.35. The summed E-state index contributed by atoms with van der Waals surface area (Å²) >= 11 is 0. The predicted octanol–water partition coefficient (Wildman–Crippen LogP) is 3.50. The van der Waals surface area contributed by atoms with E-state index in [0.29, 0.717) is 22.7 Å². The highest BCUT2D eigenvalue weighted by atomic mass is 16.5. The molecule has 1 N–H and O–H groups in total. The van der Waals surface area contributed by atoms with Gasteiger partial charge in [0.2, 0.25) is 0 Å². The third kappa shape index (κ3) is 3.14. The van der Waals surface area contributed by atoms with E-state index >= 15 is 0 Å². The van der Waals surface area contributed by atoms with Crippen LogP contribution < -0.4 is 14.4 Å². The van der Waals surface area contributed by atoms with E-state index in [-0.39, 0.29) is 11.4 Å². The minimum atomic E-state index is -0.752. The van der Waals surface area contributed by atoms with E-state index in [4.69, 9.17) is 9.47 Å². The molecule has 0 spiro atoms. The van der Waals surface area contributed by atoms with Gasteiger partial charge in [0, 0.05) is 5.69 Å². The number of carbonyl (C=O) groups is 2. The topological polar surface area (TPSA) is 76.1 Å². The number of methoxy groups -OCH3 is 2. The first-order valence-corrected chi connectivity index (χ1v) is 8.45.